The third-order valence-corrected chi connectivity index (χ3v) is 7.40. The lowest BCUT2D eigenvalue weighted by atomic mass is 9.85. The Balaban J connectivity index is 1.52. The Morgan fingerprint density at radius 2 is 1.76 bits per heavy atom. The molecule has 1 N–H and O–H groups in total. The Labute approximate surface area is 192 Å². The molecule has 0 amide bonds. The van der Waals surface area contributed by atoms with Gasteiger partial charge in [-0.1, -0.05) is 24.3 Å². The van der Waals surface area contributed by atoms with Crippen LogP contribution in [0.5, 0.6) is 0 Å². The van der Waals surface area contributed by atoms with Gasteiger partial charge in [-0.25, -0.2) is 8.78 Å². The average molecular weight is 476 g/mol. The third kappa shape index (κ3) is 5.17. The van der Waals surface area contributed by atoms with Crippen molar-refractivity contribution >= 4 is 27.2 Å². The van der Waals surface area contributed by atoms with E-state index in [9.17, 15) is 26.5 Å². The highest BCUT2D eigenvalue weighted by atomic mass is 32.2. The second-order valence-electron chi connectivity index (χ2n) is 8.86. The minimum atomic E-state index is -4.42. The van der Waals surface area contributed by atoms with E-state index in [1.54, 1.807) is 18.2 Å². The summed E-state index contributed by atoms with van der Waals surface area (Å²) in [6, 6.07) is 10.5. The number of hydrogen-bond donors (Lipinski definition) is 1. The molecule has 1 aliphatic heterocycles. The van der Waals surface area contributed by atoms with Crippen molar-refractivity contribution in [2.24, 2.45) is 5.92 Å². The number of ketones is 1. The highest BCUT2D eigenvalue weighted by molar-refractivity contribution is 7.85. The Morgan fingerprint density at radius 1 is 1.09 bits per heavy atom. The van der Waals surface area contributed by atoms with Gasteiger partial charge in [0.15, 0.2) is 5.78 Å². The summed E-state index contributed by atoms with van der Waals surface area (Å²) in [7, 11) is -4.42. The fourth-order valence-corrected chi connectivity index (χ4v) is 5.17. The summed E-state index contributed by atoms with van der Waals surface area (Å²) < 4.78 is 59.8. The van der Waals surface area contributed by atoms with Crippen LogP contribution in [0, 0.1) is 5.92 Å². The van der Waals surface area contributed by atoms with Crippen molar-refractivity contribution in [3.8, 4) is 0 Å². The molecular formula is C25H27F2NO4S. The van der Waals surface area contributed by atoms with Crippen molar-refractivity contribution in [1.82, 2.24) is 0 Å². The third-order valence-electron chi connectivity index (χ3n) is 6.55. The van der Waals surface area contributed by atoms with Crippen molar-refractivity contribution in [2.75, 3.05) is 18.0 Å². The molecule has 0 atom stereocenters. The molecule has 2 aromatic rings. The van der Waals surface area contributed by atoms with Gasteiger partial charge in [0.05, 0.1) is 4.90 Å². The number of carbonyl (C=O) groups excluding carboxylic acids is 1. The quantitative estimate of drug-likeness (QED) is 0.428. The molecule has 0 radical (unpaired) electrons. The number of benzene rings is 2. The maximum Gasteiger partial charge on any atom is 0.294 e. The average Bonchev–Trinajstić information content (AvgIpc) is 3.32. The van der Waals surface area contributed by atoms with Crippen LogP contribution in [-0.2, 0) is 16.0 Å². The number of carbonyl (C=O) groups is 1. The van der Waals surface area contributed by atoms with E-state index in [1.165, 1.54) is 24.3 Å². The molecule has 33 heavy (non-hydrogen) atoms. The molecule has 1 aliphatic carbocycles. The summed E-state index contributed by atoms with van der Waals surface area (Å²) in [6.07, 6.45) is 5.95. The summed E-state index contributed by atoms with van der Waals surface area (Å²) in [5.41, 5.74) is 2.91. The number of rotatable bonds is 6. The minimum Gasteiger partial charge on any atom is -0.371 e. The summed E-state index contributed by atoms with van der Waals surface area (Å²) in [6.45, 7) is 2.05. The number of Topliss-reactive ketones (excluding diaryl/α,β-unsaturated/α-hetero) is 1. The summed E-state index contributed by atoms with van der Waals surface area (Å²) in [5, 5.41) is 0. The van der Waals surface area contributed by atoms with Crippen LogP contribution in [-0.4, -0.2) is 31.8 Å². The lowest BCUT2D eigenvalue weighted by Crippen LogP contribution is -2.36. The Hall–Kier alpha value is -2.58. The van der Waals surface area contributed by atoms with Gasteiger partial charge in [0.2, 0.25) is 0 Å². The normalized spacial score (nSPS) is 17.8. The van der Waals surface area contributed by atoms with E-state index in [0.717, 1.165) is 43.0 Å². The number of halogens is 2. The molecule has 0 unspecified atom stereocenters. The van der Waals surface area contributed by atoms with Gasteiger partial charge in [0.1, 0.15) is 0 Å². The molecule has 5 nitrogen and oxygen atoms in total. The van der Waals surface area contributed by atoms with Gasteiger partial charge in [0, 0.05) is 42.7 Å². The maximum atomic E-state index is 13.5. The first-order chi connectivity index (χ1) is 15.5. The number of alkyl halides is 2. The van der Waals surface area contributed by atoms with Gasteiger partial charge in [-0.3, -0.25) is 9.35 Å². The standard InChI is InChI=1S/C25H27F2NO4S/c1-25(26,27)19-6-8-20(9-7-19)28-14-12-18(13-15-28)24(29)23-16-21(33(30,31)32)10-11-22(23)17-4-2-3-5-17/h4,6-11,16,18H,2-3,5,12-15H2,1H3,(H,30,31,32). The molecule has 0 bridgehead atoms. The number of nitrogens with zero attached hydrogens (tertiary/aromatic N) is 1. The highest BCUT2D eigenvalue weighted by Crippen LogP contribution is 2.35. The van der Waals surface area contributed by atoms with Crippen molar-refractivity contribution in [1.29, 1.82) is 0 Å². The monoisotopic (exact) mass is 475 g/mol. The molecular weight excluding hydrogens is 448 g/mol. The molecule has 176 valence electrons. The first kappa shape index (κ1) is 23.6. The SMILES string of the molecule is CC(F)(F)c1ccc(N2CCC(C(=O)c3cc(S(=O)(=O)O)ccc3C3=CCCC3)CC2)cc1. The fraction of sp³-hybridized carbons (Fsp3) is 0.400. The van der Waals surface area contributed by atoms with E-state index in [-0.39, 0.29) is 22.2 Å². The first-order valence-corrected chi connectivity index (χ1v) is 12.6. The lowest BCUT2D eigenvalue weighted by Gasteiger charge is -2.33. The second-order valence-corrected chi connectivity index (χ2v) is 10.3. The van der Waals surface area contributed by atoms with Crippen LogP contribution in [0.2, 0.25) is 0 Å². The van der Waals surface area contributed by atoms with Crippen molar-refractivity contribution in [3.05, 3.63) is 65.2 Å². The van der Waals surface area contributed by atoms with Crippen molar-refractivity contribution in [3.63, 3.8) is 0 Å². The van der Waals surface area contributed by atoms with Crippen LogP contribution in [0.3, 0.4) is 0 Å². The molecule has 2 aliphatic rings. The molecule has 0 aromatic heterocycles. The van der Waals surface area contributed by atoms with Gasteiger partial charge in [-0.15, -0.1) is 0 Å². The molecule has 4 rings (SSSR count). The van der Waals surface area contributed by atoms with Crippen LogP contribution in [0.4, 0.5) is 14.5 Å². The number of piperidine rings is 1. The minimum absolute atomic E-state index is 0.0382. The zero-order chi connectivity index (χ0) is 23.8. The van der Waals surface area contributed by atoms with E-state index in [0.29, 0.717) is 31.5 Å². The molecule has 1 saturated heterocycles. The van der Waals surface area contributed by atoms with Crippen LogP contribution in [0.25, 0.3) is 5.57 Å². The Kier molecular flexibility index (Phi) is 6.42. The van der Waals surface area contributed by atoms with Crippen molar-refractivity contribution < 1.29 is 26.5 Å². The highest BCUT2D eigenvalue weighted by Gasteiger charge is 2.30. The second kappa shape index (κ2) is 8.99. The van der Waals surface area contributed by atoms with Crippen LogP contribution in [0.15, 0.2) is 53.4 Å². The molecule has 2 aromatic carbocycles. The Morgan fingerprint density at radius 3 is 2.30 bits per heavy atom. The first-order valence-electron chi connectivity index (χ1n) is 11.1. The molecule has 0 spiro atoms. The van der Waals surface area contributed by atoms with Gasteiger partial charge >= 0.3 is 0 Å². The lowest BCUT2D eigenvalue weighted by molar-refractivity contribution is 0.0175. The van der Waals surface area contributed by atoms with E-state index in [2.05, 4.69) is 11.0 Å². The topological polar surface area (TPSA) is 74.7 Å². The molecule has 1 heterocycles. The van der Waals surface area contributed by atoms with Gasteiger partial charge < -0.3 is 4.90 Å². The molecule has 0 saturated carbocycles. The largest absolute Gasteiger partial charge is 0.371 e. The van der Waals surface area contributed by atoms with Gasteiger partial charge in [-0.05, 0) is 67.5 Å². The number of hydrogen-bond acceptors (Lipinski definition) is 4. The summed E-state index contributed by atoms with van der Waals surface area (Å²) in [4.78, 5) is 15.2. The van der Waals surface area contributed by atoms with Crippen LogP contribution >= 0.6 is 0 Å². The summed E-state index contributed by atoms with van der Waals surface area (Å²) >= 11 is 0. The molecule has 8 heteroatoms. The predicted octanol–water partition coefficient (Wildman–Crippen LogP) is 5.71. The van der Waals surface area contributed by atoms with Gasteiger partial charge in [0.25, 0.3) is 16.0 Å². The number of anilines is 1. The smallest absolute Gasteiger partial charge is 0.294 e. The maximum absolute atomic E-state index is 13.5. The fourth-order valence-electron chi connectivity index (χ4n) is 4.67. The van der Waals surface area contributed by atoms with E-state index in [4.69, 9.17) is 0 Å². The predicted molar refractivity (Wildman–Crippen MR) is 123 cm³/mol. The summed E-state index contributed by atoms with van der Waals surface area (Å²) in [5.74, 6) is -3.29. The zero-order valence-electron chi connectivity index (χ0n) is 18.4. The van der Waals surface area contributed by atoms with Crippen LogP contribution < -0.4 is 4.90 Å². The molecule has 1 fully saturated rings. The zero-order valence-corrected chi connectivity index (χ0v) is 19.2. The van der Waals surface area contributed by atoms with Crippen molar-refractivity contribution in [2.45, 2.75) is 49.8 Å². The van der Waals surface area contributed by atoms with Crippen LogP contribution in [0.1, 0.15) is 60.5 Å². The van der Waals surface area contributed by atoms with E-state index < -0.39 is 16.0 Å². The number of allylic oxidation sites excluding steroid dienone is 2. The Bertz CT molecular complexity index is 1180. The van der Waals surface area contributed by atoms with Gasteiger partial charge in [-0.2, -0.15) is 8.42 Å². The van der Waals surface area contributed by atoms with E-state index in [1.807, 2.05) is 0 Å². The van der Waals surface area contributed by atoms with E-state index >= 15 is 0 Å².